The van der Waals surface area contributed by atoms with Gasteiger partial charge in [0.1, 0.15) is 5.69 Å². The lowest BCUT2D eigenvalue weighted by Crippen LogP contribution is -2.37. The summed E-state index contributed by atoms with van der Waals surface area (Å²) in [4.78, 5) is 29.4. The van der Waals surface area contributed by atoms with Crippen molar-refractivity contribution < 1.29 is 14.7 Å². The van der Waals surface area contributed by atoms with Crippen molar-refractivity contribution >= 4 is 17.7 Å². The Morgan fingerprint density at radius 1 is 1.23 bits per heavy atom. The third-order valence-electron chi connectivity index (χ3n) is 4.39. The van der Waals surface area contributed by atoms with Crippen molar-refractivity contribution in [3.8, 4) is 11.8 Å². The Balaban J connectivity index is 1.67. The van der Waals surface area contributed by atoms with Crippen LogP contribution in [0.1, 0.15) is 24.6 Å². The van der Waals surface area contributed by atoms with Crippen LogP contribution >= 0.6 is 0 Å². The average Bonchev–Trinajstić information content (AvgIpc) is 3.05. The first-order valence-corrected chi connectivity index (χ1v) is 8.29. The van der Waals surface area contributed by atoms with Crippen LogP contribution in [0.15, 0.2) is 48.7 Å². The van der Waals surface area contributed by atoms with E-state index in [0.717, 1.165) is 5.56 Å². The summed E-state index contributed by atoms with van der Waals surface area (Å²) in [5.41, 5.74) is 1.16. The minimum atomic E-state index is -0.882. The molecule has 132 valence electrons. The second-order valence-electron chi connectivity index (χ2n) is 6.51. The van der Waals surface area contributed by atoms with Gasteiger partial charge in [-0.2, -0.15) is 0 Å². The normalized spacial score (nSPS) is 18.7. The van der Waals surface area contributed by atoms with Crippen LogP contribution in [-0.4, -0.2) is 40.1 Å². The van der Waals surface area contributed by atoms with Gasteiger partial charge in [-0.15, -0.1) is 0 Å². The summed E-state index contributed by atoms with van der Waals surface area (Å²) in [6, 6.07) is 12.4. The fraction of sp³-hybridized carbons (Fsp3) is 0.250. The number of carbonyl (C=O) groups excluding carboxylic acids is 1. The van der Waals surface area contributed by atoms with Crippen LogP contribution in [0.5, 0.6) is 0 Å². The third kappa shape index (κ3) is 4.01. The van der Waals surface area contributed by atoms with E-state index in [1.165, 1.54) is 4.90 Å². The van der Waals surface area contributed by atoms with Gasteiger partial charge in [0.2, 0.25) is 0 Å². The van der Waals surface area contributed by atoms with Crippen molar-refractivity contribution in [2.24, 2.45) is 5.41 Å². The molecule has 1 aromatic heterocycles. The minimum absolute atomic E-state index is 0.202. The molecule has 0 radical (unpaired) electrons. The molecule has 0 bridgehead atoms. The van der Waals surface area contributed by atoms with Crippen molar-refractivity contribution in [3.05, 3.63) is 59.9 Å². The largest absolute Gasteiger partial charge is 0.481 e. The first-order valence-electron chi connectivity index (χ1n) is 8.29. The van der Waals surface area contributed by atoms with Crippen LogP contribution < -0.4 is 5.32 Å². The Labute approximate surface area is 151 Å². The molecule has 6 nitrogen and oxygen atoms in total. The van der Waals surface area contributed by atoms with Crippen LogP contribution in [0, 0.1) is 17.3 Å². The molecule has 0 spiro atoms. The van der Waals surface area contributed by atoms with Gasteiger partial charge in [0, 0.05) is 30.5 Å². The zero-order valence-corrected chi connectivity index (χ0v) is 14.4. The fourth-order valence-electron chi connectivity index (χ4n) is 2.76. The van der Waals surface area contributed by atoms with E-state index in [0.29, 0.717) is 24.3 Å². The molecule has 1 aromatic carbocycles. The second kappa shape index (κ2) is 7.28. The van der Waals surface area contributed by atoms with Crippen molar-refractivity contribution in [3.63, 3.8) is 0 Å². The first-order chi connectivity index (χ1) is 12.5. The average molecular weight is 349 g/mol. The van der Waals surface area contributed by atoms with Crippen LogP contribution in [0.25, 0.3) is 0 Å². The highest BCUT2D eigenvalue weighted by Gasteiger charge is 2.42. The van der Waals surface area contributed by atoms with E-state index in [9.17, 15) is 14.7 Å². The summed E-state index contributed by atoms with van der Waals surface area (Å²) < 4.78 is 0. The van der Waals surface area contributed by atoms with Gasteiger partial charge >= 0.3 is 12.0 Å². The van der Waals surface area contributed by atoms with Crippen LogP contribution in [0.2, 0.25) is 0 Å². The smallest absolute Gasteiger partial charge is 0.321 e. The molecule has 2 N–H and O–H groups in total. The Hall–Kier alpha value is -3.33. The van der Waals surface area contributed by atoms with E-state index in [-0.39, 0.29) is 12.6 Å². The van der Waals surface area contributed by atoms with Crippen molar-refractivity contribution in [2.45, 2.75) is 13.3 Å². The van der Waals surface area contributed by atoms with E-state index >= 15 is 0 Å². The number of nitrogens with zero attached hydrogens (tertiary/aromatic N) is 2. The molecule has 3 rings (SSSR count). The standard InChI is InChI=1S/C20H19N3O3/c1-20(18(24)25)10-12-23(14-20)19(26)22-17-7-4-5-15(13-17)8-9-16-6-2-3-11-21-16/h2-7,11,13H,10,12,14H2,1H3,(H,22,26)(H,24,25). The van der Waals surface area contributed by atoms with Crippen LogP contribution in [0.4, 0.5) is 10.5 Å². The summed E-state index contributed by atoms with van der Waals surface area (Å²) in [7, 11) is 0. The molecular weight excluding hydrogens is 330 g/mol. The molecule has 2 aromatic rings. The molecular formula is C20H19N3O3. The van der Waals surface area contributed by atoms with E-state index in [4.69, 9.17) is 0 Å². The predicted molar refractivity (Wildman–Crippen MR) is 97.6 cm³/mol. The Kier molecular flexibility index (Phi) is 4.90. The molecule has 2 heterocycles. The van der Waals surface area contributed by atoms with Gasteiger partial charge in [-0.1, -0.05) is 18.1 Å². The number of nitrogens with one attached hydrogen (secondary N) is 1. The van der Waals surface area contributed by atoms with Crippen LogP contribution in [0.3, 0.4) is 0 Å². The van der Waals surface area contributed by atoms with E-state index in [2.05, 4.69) is 22.1 Å². The number of hydrogen-bond donors (Lipinski definition) is 2. The Morgan fingerprint density at radius 3 is 2.77 bits per heavy atom. The Bertz CT molecular complexity index is 886. The number of amides is 2. The summed E-state index contributed by atoms with van der Waals surface area (Å²) in [5.74, 6) is 5.11. The number of pyridine rings is 1. The summed E-state index contributed by atoms with van der Waals surface area (Å²) in [6.07, 6.45) is 2.13. The molecule has 26 heavy (non-hydrogen) atoms. The molecule has 0 saturated carbocycles. The van der Waals surface area contributed by atoms with Gasteiger partial charge in [-0.3, -0.25) is 4.79 Å². The van der Waals surface area contributed by atoms with Gasteiger partial charge in [-0.05, 0) is 49.6 Å². The van der Waals surface area contributed by atoms with Gasteiger partial charge in [-0.25, -0.2) is 9.78 Å². The van der Waals surface area contributed by atoms with E-state index in [1.807, 2.05) is 30.3 Å². The van der Waals surface area contributed by atoms with Crippen LogP contribution in [-0.2, 0) is 4.79 Å². The monoisotopic (exact) mass is 349 g/mol. The van der Waals surface area contributed by atoms with E-state index in [1.54, 1.807) is 25.3 Å². The number of aromatic nitrogens is 1. The predicted octanol–water partition coefficient (Wildman–Crippen LogP) is 2.81. The number of likely N-dealkylation sites (tertiary alicyclic amines) is 1. The first kappa shape index (κ1) is 17.5. The Morgan fingerprint density at radius 2 is 2.08 bits per heavy atom. The maximum atomic E-state index is 12.4. The number of rotatable bonds is 2. The fourth-order valence-corrected chi connectivity index (χ4v) is 2.76. The summed E-state index contributed by atoms with van der Waals surface area (Å²) in [6.45, 7) is 2.29. The minimum Gasteiger partial charge on any atom is -0.481 e. The third-order valence-corrected chi connectivity index (χ3v) is 4.39. The topological polar surface area (TPSA) is 82.5 Å². The SMILES string of the molecule is CC1(C(=O)O)CCN(C(=O)Nc2cccc(C#Cc3ccccn3)c2)C1. The number of anilines is 1. The van der Waals surface area contributed by atoms with Gasteiger partial charge in [0.05, 0.1) is 5.41 Å². The summed E-state index contributed by atoms with van der Waals surface area (Å²) in [5, 5.41) is 12.1. The second-order valence-corrected chi connectivity index (χ2v) is 6.51. The number of hydrogen-bond acceptors (Lipinski definition) is 3. The molecule has 1 atom stereocenters. The lowest BCUT2D eigenvalue weighted by molar-refractivity contribution is -0.146. The number of carboxylic acid groups (broad SMARTS) is 1. The molecule has 1 fully saturated rings. The van der Waals surface area contributed by atoms with Crippen molar-refractivity contribution in [1.82, 2.24) is 9.88 Å². The number of aliphatic carboxylic acids is 1. The van der Waals surface area contributed by atoms with Gasteiger partial charge in [0.15, 0.2) is 0 Å². The quantitative estimate of drug-likeness (QED) is 0.817. The number of benzene rings is 1. The van der Waals surface area contributed by atoms with Gasteiger partial charge < -0.3 is 15.3 Å². The van der Waals surface area contributed by atoms with Crippen molar-refractivity contribution in [2.75, 3.05) is 18.4 Å². The highest BCUT2D eigenvalue weighted by molar-refractivity contribution is 5.90. The highest BCUT2D eigenvalue weighted by atomic mass is 16.4. The molecule has 1 aliphatic rings. The lowest BCUT2D eigenvalue weighted by atomic mass is 9.90. The number of urea groups is 1. The maximum Gasteiger partial charge on any atom is 0.321 e. The zero-order chi connectivity index (χ0) is 18.6. The van der Waals surface area contributed by atoms with Crippen molar-refractivity contribution in [1.29, 1.82) is 0 Å². The molecule has 0 aliphatic carbocycles. The molecule has 1 aliphatic heterocycles. The zero-order valence-electron chi connectivity index (χ0n) is 14.4. The summed E-state index contributed by atoms with van der Waals surface area (Å²) >= 11 is 0. The lowest BCUT2D eigenvalue weighted by Gasteiger charge is -2.20. The molecule has 6 heteroatoms. The highest BCUT2D eigenvalue weighted by Crippen LogP contribution is 2.30. The molecule has 1 saturated heterocycles. The maximum absolute atomic E-state index is 12.4. The molecule has 2 amide bonds. The van der Waals surface area contributed by atoms with Gasteiger partial charge in [0.25, 0.3) is 0 Å². The molecule has 1 unspecified atom stereocenters. The number of carbonyl (C=O) groups is 2. The number of carboxylic acids is 1. The van der Waals surface area contributed by atoms with E-state index < -0.39 is 11.4 Å².